The van der Waals surface area contributed by atoms with Crippen molar-refractivity contribution in [3.05, 3.63) is 72.8 Å². The van der Waals surface area contributed by atoms with Crippen LogP contribution in [0.3, 0.4) is 0 Å². The van der Waals surface area contributed by atoms with Gasteiger partial charge in [0.1, 0.15) is 17.2 Å². The van der Waals surface area contributed by atoms with Gasteiger partial charge in [-0.25, -0.2) is 0 Å². The molecule has 0 bridgehead atoms. The summed E-state index contributed by atoms with van der Waals surface area (Å²) < 4.78 is 39.5. The molecule has 0 aromatic heterocycles. The monoisotopic (exact) mass is 486 g/mol. The lowest BCUT2D eigenvalue weighted by molar-refractivity contribution is 0.0518. The van der Waals surface area contributed by atoms with Crippen LogP contribution in [0, 0.1) is 0 Å². The summed E-state index contributed by atoms with van der Waals surface area (Å²) in [4.78, 5) is 0. The summed E-state index contributed by atoms with van der Waals surface area (Å²) in [6.45, 7) is -2.36. The first kappa shape index (κ1) is 25.8. The van der Waals surface area contributed by atoms with Crippen molar-refractivity contribution in [3.63, 3.8) is 0 Å². The molecule has 3 aromatic rings. The maximum absolute atomic E-state index is 6.02. The number of ether oxygens (including phenoxy) is 7. The molecule has 0 N–H and O–H groups in total. The van der Waals surface area contributed by atoms with Gasteiger partial charge in [-0.2, -0.15) is 0 Å². The van der Waals surface area contributed by atoms with E-state index in [4.69, 9.17) is 33.2 Å². The van der Waals surface area contributed by atoms with Gasteiger partial charge >= 0.3 is 0 Å². The van der Waals surface area contributed by atoms with E-state index >= 15 is 0 Å². The smallest absolute Gasteiger partial charge is 0.188 e. The van der Waals surface area contributed by atoms with Crippen molar-refractivity contribution in [1.82, 2.24) is 0 Å². The highest BCUT2D eigenvalue weighted by Gasteiger charge is 2.34. The predicted octanol–water partition coefficient (Wildman–Crippen LogP) is 3.33. The molecule has 7 nitrogen and oxygen atoms in total. The molecule has 0 unspecified atom stereocenters. The second-order valence-electron chi connectivity index (χ2n) is 7.12. The third-order valence-electron chi connectivity index (χ3n) is 5.00. The summed E-state index contributed by atoms with van der Waals surface area (Å²) >= 11 is 0. The number of rotatable bonds is 13. The summed E-state index contributed by atoms with van der Waals surface area (Å²) in [5.74, 6) is 3.89. The van der Waals surface area contributed by atoms with Crippen molar-refractivity contribution in [2.45, 2.75) is 0 Å². The molecule has 0 radical (unpaired) electrons. The van der Waals surface area contributed by atoms with Crippen LogP contribution in [0.4, 0.5) is 0 Å². The molecule has 0 heterocycles. The summed E-state index contributed by atoms with van der Waals surface area (Å²) in [6.07, 6.45) is 0. The lowest BCUT2D eigenvalue weighted by Gasteiger charge is -2.31. The maximum atomic E-state index is 6.02. The fraction of sp³-hybridized carbons (Fsp3) is 0.269. The van der Waals surface area contributed by atoms with Crippen LogP contribution in [-0.2, 0) is 18.9 Å². The van der Waals surface area contributed by atoms with Crippen LogP contribution < -0.4 is 30.1 Å². The molecule has 0 aliphatic rings. The number of para-hydroxylation sites is 3. The number of hydrogen-bond donors (Lipinski definition) is 0. The van der Waals surface area contributed by atoms with Gasteiger partial charge < -0.3 is 33.2 Å². The second kappa shape index (κ2) is 13.2. The number of methoxy groups -OCH3 is 4. The van der Waals surface area contributed by atoms with E-state index in [-0.39, 0.29) is 20.4 Å². The van der Waals surface area contributed by atoms with Crippen molar-refractivity contribution in [3.8, 4) is 17.2 Å². The summed E-state index contributed by atoms with van der Waals surface area (Å²) in [7, 11) is 6.42. The van der Waals surface area contributed by atoms with Gasteiger partial charge in [-0.1, -0.05) is 54.6 Å². The average molecular weight is 487 g/mol. The van der Waals surface area contributed by atoms with E-state index < -0.39 is 6.89 Å². The Morgan fingerprint density at radius 3 is 1.15 bits per heavy atom. The highest BCUT2D eigenvalue weighted by atomic mass is 31.2. The molecule has 3 aromatic carbocycles. The molecule has 0 aliphatic carbocycles. The third-order valence-corrected chi connectivity index (χ3v) is 8.91. The van der Waals surface area contributed by atoms with Crippen molar-refractivity contribution in [2.24, 2.45) is 0 Å². The number of hydrogen-bond acceptors (Lipinski definition) is 7. The molecule has 182 valence electrons. The summed E-state index contributed by atoms with van der Waals surface area (Å²) in [5, 5.41) is 2.78. The molecule has 0 amide bonds. The molecule has 0 aliphatic heterocycles. The summed E-state index contributed by atoms with van der Waals surface area (Å²) in [5.41, 5.74) is 0. The van der Waals surface area contributed by atoms with Crippen LogP contribution in [0.15, 0.2) is 72.8 Å². The van der Waals surface area contributed by atoms with Crippen molar-refractivity contribution in [2.75, 3.05) is 48.8 Å². The Hall–Kier alpha value is -2.80. The topological polar surface area (TPSA) is 64.6 Å². The Bertz CT molecular complexity index is 968. The SMILES string of the molecule is COC=P(c1ccccc1OCOC)(c1ccccc1OCOC)c1ccccc1OCOC. The minimum atomic E-state index is -2.68. The zero-order chi connectivity index (χ0) is 24.2. The highest BCUT2D eigenvalue weighted by molar-refractivity contribution is 7.94. The molecule has 0 saturated carbocycles. The molecule has 0 saturated heterocycles. The largest absolute Gasteiger partial charge is 0.467 e. The first-order valence-electron chi connectivity index (χ1n) is 10.6. The normalized spacial score (nSPS) is 11.2. The second-order valence-corrected chi connectivity index (χ2v) is 10.2. The molecule has 8 heteroatoms. The van der Waals surface area contributed by atoms with Crippen LogP contribution in [-0.4, -0.2) is 54.8 Å². The van der Waals surface area contributed by atoms with Crippen molar-refractivity contribution < 1.29 is 33.2 Å². The maximum Gasteiger partial charge on any atom is 0.188 e. The molecule has 0 fully saturated rings. The Balaban J connectivity index is 2.42. The average Bonchev–Trinajstić information content (AvgIpc) is 2.89. The first-order chi connectivity index (χ1) is 16.7. The zero-order valence-corrected chi connectivity index (χ0v) is 20.8. The fourth-order valence-electron chi connectivity index (χ4n) is 3.70. The van der Waals surface area contributed by atoms with Gasteiger partial charge in [0.15, 0.2) is 20.4 Å². The molecule has 0 atom stereocenters. The fourth-order valence-corrected chi connectivity index (χ4v) is 7.56. The van der Waals surface area contributed by atoms with E-state index in [1.807, 2.05) is 78.8 Å². The Morgan fingerprint density at radius 1 is 0.529 bits per heavy atom. The third kappa shape index (κ3) is 5.63. The van der Waals surface area contributed by atoms with Crippen LogP contribution in [0.1, 0.15) is 0 Å². The zero-order valence-electron chi connectivity index (χ0n) is 19.9. The minimum Gasteiger partial charge on any atom is -0.467 e. The quantitative estimate of drug-likeness (QED) is 0.271. The molecular formula is C26H31O7P. The lowest BCUT2D eigenvalue weighted by atomic mass is 10.3. The van der Waals surface area contributed by atoms with E-state index in [1.54, 1.807) is 28.4 Å². The first-order valence-corrected chi connectivity index (χ1v) is 12.5. The van der Waals surface area contributed by atoms with Crippen molar-refractivity contribution in [1.29, 1.82) is 0 Å². The molecular weight excluding hydrogens is 455 g/mol. The summed E-state index contributed by atoms with van der Waals surface area (Å²) in [6, 6.07) is 23.6. The van der Waals surface area contributed by atoms with E-state index in [1.165, 1.54) is 0 Å². The van der Waals surface area contributed by atoms with Gasteiger partial charge in [0.25, 0.3) is 0 Å². The molecule has 3 rings (SSSR count). The number of benzene rings is 3. The lowest BCUT2D eigenvalue weighted by Crippen LogP contribution is -2.31. The molecule has 0 spiro atoms. The highest BCUT2D eigenvalue weighted by Crippen LogP contribution is 2.50. The van der Waals surface area contributed by atoms with Gasteiger partial charge in [-0.3, -0.25) is 0 Å². The van der Waals surface area contributed by atoms with Crippen LogP contribution in [0.25, 0.3) is 0 Å². The van der Waals surface area contributed by atoms with E-state index in [0.717, 1.165) is 15.9 Å². The Kier molecular flexibility index (Phi) is 10.0. The van der Waals surface area contributed by atoms with Crippen LogP contribution in [0.2, 0.25) is 0 Å². The van der Waals surface area contributed by atoms with Gasteiger partial charge in [-0.05, 0) is 18.2 Å². The van der Waals surface area contributed by atoms with Crippen molar-refractivity contribution >= 4 is 28.8 Å². The standard InChI is InChI=1S/C26H31O7P/c1-27-17-31-21-11-5-8-14-24(21)34(20-30-4,25-15-9-6-12-22(25)32-18-28-2)26-16-10-7-13-23(26)33-19-29-3/h5-16,20H,17-19H2,1-4H3. The Morgan fingerprint density at radius 2 is 0.853 bits per heavy atom. The van der Waals surface area contributed by atoms with E-state index in [2.05, 4.69) is 0 Å². The molecule has 34 heavy (non-hydrogen) atoms. The van der Waals surface area contributed by atoms with Gasteiger partial charge in [0.05, 0.1) is 0 Å². The van der Waals surface area contributed by atoms with Gasteiger partial charge in [0.2, 0.25) is 0 Å². The minimum absolute atomic E-state index is 0.105. The van der Waals surface area contributed by atoms with Crippen LogP contribution >= 0.6 is 6.89 Å². The van der Waals surface area contributed by atoms with Gasteiger partial charge in [0, 0.05) is 57.2 Å². The van der Waals surface area contributed by atoms with Gasteiger partial charge in [-0.15, -0.1) is 0 Å². The Labute approximate surface area is 201 Å². The van der Waals surface area contributed by atoms with Crippen LogP contribution in [0.5, 0.6) is 17.2 Å². The van der Waals surface area contributed by atoms with E-state index in [0.29, 0.717) is 17.2 Å². The van der Waals surface area contributed by atoms with E-state index in [9.17, 15) is 0 Å². The predicted molar refractivity (Wildman–Crippen MR) is 136 cm³/mol.